The predicted molar refractivity (Wildman–Crippen MR) is 68.4 cm³/mol. The highest BCUT2D eigenvalue weighted by molar-refractivity contribution is 5.80. The molecule has 1 rings (SSSR count). The molecule has 0 fully saturated rings. The van der Waals surface area contributed by atoms with E-state index in [1.54, 1.807) is 6.20 Å². The smallest absolute Gasteiger partial charge is 0.205 e. The Morgan fingerprint density at radius 3 is 2.88 bits per heavy atom. The number of rotatable bonds is 6. The summed E-state index contributed by atoms with van der Waals surface area (Å²) in [7, 11) is 0. The Hall–Kier alpha value is -1.72. The number of aryl methyl sites for hydroxylation is 1. The van der Waals surface area contributed by atoms with Crippen molar-refractivity contribution in [3.05, 3.63) is 12.4 Å². The van der Waals surface area contributed by atoms with Crippen molar-refractivity contribution in [2.75, 3.05) is 11.4 Å². The molecule has 3 N–H and O–H groups in total. The summed E-state index contributed by atoms with van der Waals surface area (Å²) in [6.45, 7) is 7.84. The maximum absolute atomic E-state index is 8.54. The molecule has 0 aliphatic rings. The third-order valence-corrected chi connectivity index (χ3v) is 2.65. The van der Waals surface area contributed by atoms with Crippen molar-refractivity contribution in [1.82, 2.24) is 9.55 Å². The van der Waals surface area contributed by atoms with Crippen LogP contribution in [0.3, 0.4) is 0 Å². The number of amidine groups is 1. The highest BCUT2D eigenvalue weighted by atomic mass is 16.4. The molecule has 1 aromatic heterocycles. The third kappa shape index (κ3) is 3.37. The van der Waals surface area contributed by atoms with Gasteiger partial charge in [0.2, 0.25) is 5.95 Å². The third-order valence-electron chi connectivity index (χ3n) is 2.65. The second-order valence-corrected chi connectivity index (χ2v) is 4.14. The molecule has 17 heavy (non-hydrogen) atoms. The van der Waals surface area contributed by atoms with Gasteiger partial charge in [-0.2, -0.15) is 0 Å². The Morgan fingerprint density at radius 2 is 2.35 bits per heavy atom. The van der Waals surface area contributed by atoms with E-state index in [2.05, 4.69) is 40.4 Å². The largest absolute Gasteiger partial charge is 0.409 e. The molecule has 0 spiro atoms. The van der Waals surface area contributed by atoms with Crippen molar-refractivity contribution in [2.24, 2.45) is 10.9 Å². The Bertz CT molecular complexity index is 372. The normalized spacial score (nSPS) is 12.1. The van der Waals surface area contributed by atoms with Gasteiger partial charge >= 0.3 is 0 Å². The van der Waals surface area contributed by atoms with Crippen molar-refractivity contribution in [2.45, 2.75) is 39.8 Å². The number of nitrogens with zero attached hydrogens (tertiary/aromatic N) is 4. The van der Waals surface area contributed by atoms with Gasteiger partial charge < -0.3 is 20.4 Å². The van der Waals surface area contributed by atoms with Gasteiger partial charge in [0.25, 0.3) is 0 Å². The average molecular weight is 239 g/mol. The van der Waals surface area contributed by atoms with Crippen LogP contribution < -0.4 is 10.6 Å². The number of imidazole rings is 1. The molecule has 6 heteroatoms. The van der Waals surface area contributed by atoms with E-state index in [1.807, 2.05) is 6.20 Å². The second kappa shape index (κ2) is 6.12. The molecule has 6 nitrogen and oxygen atoms in total. The minimum atomic E-state index is 0.241. The Morgan fingerprint density at radius 1 is 1.65 bits per heavy atom. The maximum atomic E-state index is 8.54. The fraction of sp³-hybridized carbons (Fsp3) is 0.636. The first-order valence-electron chi connectivity index (χ1n) is 5.84. The average Bonchev–Trinajstić information content (AvgIpc) is 2.76. The van der Waals surface area contributed by atoms with Crippen LogP contribution in [0.2, 0.25) is 0 Å². The Balaban J connectivity index is 2.79. The number of hydrogen-bond donors (Lipinski definition) is 2. The van der Waals surface area contributed by atoms with Gasteiger partial charge in [-0.05, 0) is 20.8 Å². The summed E-state index contributed by atoms with van der Waals surface area (Å²) in [5.74, 6) is 1.17. The fourth-order valence-electron chi connectivity index (χ4n) is 1.68. The van der Waals surface area contributed by atoms with Crippen LogP contribution in [0.25, 0.3) is 0 Å². The summed E-state index contributed by atoms with van der Waals surface area (Å²) >= 11 is 0. The first kappa shape index (κ1) is 13.3. The molecule has 0 saturated heterocycles. The van der Waals surface area contributed by atoms with Gasteiger partial charge in [-0.15, -0.1) is 0 Å². The van der Waals surface area contributed by atoms with Crippen molar-refractivity contribution >= 4 is 11.8 Å². The van der Waals surface area contributed by atoms with Crippen LogP contribution in [-0.4, -0.2) is 33.2 Å². The molecule has 0 radical (unpaired) electrons. The van der Waals surface area contributed by atoms with Crippen LogP contribution in [0.4, 0.5) is 5.95 Å². The monoisotopic (exact) mass is 239 g/mol. The minimum absolute atomic E-state index is 0.241. The number of nitrogens with two attached hydrogens (primary N) is 1. The van der Waals surface area contributed by atoms with Crippen molar-refractivity contribution in [3.8, 4) is 0 Å². The molecule has 1 aromatic rings. The first-order chi connectivity index (χ1) is 8.10. The highest BCUT2D eigenvalue weighted by Crippen LogP contribution is 2.15. The van der Waals surface area contributed by atoms with Gasteiger partial charge in [-0.1, -0.05) is 5.16 Å². The molecule has 0 saturated carbocycles. The van der Waals surface area contributed by atoms with E-state index >= 15 is 0 Å². The molecule has 0 amide bonds. The molecule has 0 aromatic carbocycles. The van der Waals surface area contributed by atoms with Crippen LogP contribution >= 0.6 is 0 Å². The standard InChI is InChI=1S/C11H21N5O/c1-4-15-8-6-13-11(15)16(9(2)3)7-5-10(12)14-17/h6,8-9,17H,4-5,7H2,1-3H3,(H2,12,14). The summed E-state index contributed by atoms with van der Waals surface area (Å²) in [5, 5.41) is 11.5. The summed E-state index contributed by atoms with van der Waals surface area (Å²) in [6, 6.07) is 0.314. The SMILES string of the molecule is CCn1ccnc1N(CCC(N)=NO)C(C)C. The summed E-state index contributed by atoms with van der Waals surface area (Å²) < 4.78 is 2.08. The molecule has 0 bridgehead atoms. The quantitative estimate of drug-likeness (QED) is 0.339. The second-order valence-electron chi connectivity index (χ2n) is 4.14. The molecule has 96 valence electrons. The summed E-state index contributed by atoms with van der Waals surface area (Å²) in [5.41, 5.74) is 5.49. The van der Waals surface area contributed by atoms with Gasteiger partial charge in [-0.3, -0.25) is 0 Å². The van der Waals surface area contributed by atoms with E-state index in [1.165, 1.54) is 0 Å². The van der Waals surface area contributed by atoms with Gasteiger partial charge in [0, 0.05) is 37.9 Å². The lowest BCUT2D eigenvalue weighted by molar-refractivity contribution is 0.317. The van der Waals surface area contributed by atoms with Gasteiger partial charge in [0.1, 0.15) is 5.84 Å². The summed E-state index contributed by atoms with van der Waals surface area (Å²) in [4.78, 5) is 6.50. The molecular weight excluding hydrogens is 218 g/mol. The van der Waals surface area contributed by atoms with Crippen molar-refractivity contribution in [3.63, 3.8) is 0 Å². The van der Waals surface area contributed by atoms with E-state index in [0.717, 1.165) is 12.5 Å². The Labute approximate surface area is 102 Å². The van der Waals surface area contributed by atoms with E-state index in [0.29, 0.717) is 19.0 Å². The van der Waals surface area contributed by atoms with Crippen molar-refractivity contribution < 1.29 is 5.21 Å². The molecule has 1 heterocycles. The lowest BCUT2D eigenvalue weighted by atomic mass is 10.3. The molecule has 0 unspecified atom stereocenters. The Kier molecular flexibility index (Phi) is 4.81. The zero-order valence-corrected chi connectivity index (χ0v) is 10.7. The van der Waals surface area contributed by atoms with Gasteiger partial charge in [-0.25, -0.2) is 4.98 Å². The molecular formula is C11H21N5O. The lowest BCUT2D eigenvalue weighted by Crippen LogP contribution is -2.36. The van der Waals surface area contributed by atoms with Crippen LogP contribution in [0.5, 0.6) is 0 Å². The number of hydrogen-bond acceptors (Lipinski definition) is 4. The van der Waals surface area contributed by atoms with Crippen LogP contribution in [0, 0.1) is 0 Å². The van der Waals surface area contributed by atoms with E-state index < -0.39 is 0 Å². The van der Waals surface area contributed by atoms with E-state index in [-0.39, 0.29) is 5.84 Å². The molecule has 0 aliphatic carbocycles. The van der Waals surface area contributed by atoms with Gasteiger partial charge in [0.05, 0.1) is 0 Å². The number of oxime groups is 1. The van der Waals surface area contributed by atoms with Crippen LogP contribution in [0.1, 0.15) is 27.2 Å². The van der Waals surface area contributed by atoms with E-state index in [9.17, 15) is 0 Å². The first-order valence-corrected chi connectivity index (χ1v) is 5.84. The van der Waals surface area contributed by atoms with Gasteiger partial charge in [0.15, 0.2) is 0 Å². The zero-order chi connectivity index (χ0) is 12.8. The number of aromatic nitrogens is 2. The van der Waals surface area contributed by atoms with E-state index in [4.69, 9.17) is 10.9 Å². The highest BCUT2D eigenvalue weighted by Gasteiger charge is 2.15. The van der Waals surface area contributed by atoms with Crippen LogP contribution in [-0.2, 0) is 6.54 Å². The summed E-state index contributed by atoms with van der Waals surface area (Å²) in [6.07, 6.45) is 4.26. The molecule has 0 atom stereocenters. The topological polar surface area (TPSA) is 79.7 Å². The lowest BCUT2D eigenvalue weighted by Gasteiger charge is -2.28. The maximum Gasteiger partial charge on any atom is 0.205 e. The molecule has 0 aliphatic heterocycles. The van der Waals surface area contributed by atoms with Crippen molar-refractivity contribution in [1.29, 1.82) is 0 Å². The zero-order valence-electron chi connectivity index (χ0n) is 10.7. The fourth-order valence-corrected chi connectivity index (χ4v) is 1.68. The predicted octanol–water partition coefficient (Wildman–Crippen LogP) is 1.25. The minimum Gasteiger partial charge on any atom is -0.409 e. The number of anilines is 1. The van der Waals surface area contributed by atoms with Crippen LogP contribution in [0.15, 0.2) is 17.5 Å².